The number of aliphatic hydroxyl groups is 1. The van der Waals surface area contributed by atoms with Gasteiger partial charge in [0.05, 0.1) is 5.60 Å². The fourth-order valence-corrected chi connectivity index (χ4v) is 4.34. The van der Waals surface area contributed by atoms with E-state index in [4.69, 9.17) is 14.9 Å². The number of aromatic hydroxyl groups is 2. The SMILES string of the molecule is C=Cc1ccc(O)c(C(=O)O)c1.C=Cc1ccc(O)c(C(=O)OC2(C)CCCC2)c1.CC1(O)CCCC1. The van der Waals surface area contributed by atoms with Crippen LogP contribution >= 0.6 is 0 Å². The van der Waals surface area contributed by atoms with Gasteiger partial charge in [-0.1, -0.05) is 50.3 Å². The maximum absolute atomic E-state index is 12.1. The van der Waals surface area contributed by atoms with Crippen LogP contribution in [-0.4, -0.2) is 43.6 Å². The molecule has 0 radical (unpaired) electrons. The van der Waals surface area contributed by atoms with E-state index in [2.05, 4.69) is 13.2 Å². The van der Waals surface area contributed by atoms with E-state index in [0.717, 1.165) is 44.1 Å². The van der Waals surface area contributed by atoms with Gasteiger partial charge in [-0.2, -0.15) is 0 Å². The number of phenolic OH excluding ortho intramolecular Hbond substituents is 1. The second-order valence-electron chi connectivity index (χ2n) is 10.0. The molecule has 0 unspecified atom stereocenters. The van der Waals surface area contributed by atoms with E-state index >= 15 is 0 Å². The number of phenols is 2. The Morgan fingerprint density at radius 1 is 0.811 bits per heavy atom. The van der Waals surface area contributed by atoms with Crippen molar-refractivity contribution in [2.24, 2.45) is 0 Å². The molecule has 2 aromatic carbocycles. The van der Waals surface area contributed by atoms with E-state index in [-0.39, 0.29) is 33.8 Å². The first-order chi connectivity index (χ1) is 17.4. The number of ether oxygens (including phenoxy) is 1. The summed E-state index contributed by atoms with van der Waals surface area (Å²) in [5.41, 5.74) is 0.878. The van der Waals surface area contributed by atoms with Gasteiger partial charge in [0.15, 0.2) is 0 Å². The van der Waals surface area contributed by atoms with Gasteiger partial charge >= 0.3 is 11.9 Å². The zero-order valence-electron chi connectivity index (χ0n) is 21.7. The van der Waals surface area contributed by atoms with Gasteiger partial charge < -0.3 is 25.2 Å². The lowest BCUT2D eigenvalue weighted by Gasteiger charge is -2.24. The second kappa shape index (κ2) is 13.1. The number of aromatic carboxylic acids is 1. The monoisotopic (exact) mass is 510 g/mol. The van der Waals surface area contributed by atoms with Crippen molar-refractivity contribution >= 4 is 24.1 Å². The Bertz CT molecular complexity index is 1100. The van der Waals surface area contributed by atoms with Crippen LogP contribution in [0, 0.1) is 0 Å². The summed E-state index contributed by atoms with van der Waals surface area (Å²) in [5.74, 6) is -1.88. The van der Waals surface area contributed by atoms with Crippen LogP contribution in [0.2, 0.25) is 0 Å². The first-order valence-corrected chi connectivity index (χ1v) is 12.5. The van der Waals surface area contributed by atoms with Crippen molar-refractivity contribution in [2.45, 2.75) is 76.4 Å². The summed E-state index contributed by atoms with van der Waals surface area (Å²) in [6.45, 7) is 11.0. The third kappa shape index (κ3) is 9.10. The van der Waals surface area contributed by atoms with Crippen LogP contribution in [0.25, 0.3) is 12.2 Å². The van der Waals surface area contributed by atoms with Gasteiger partial charge in [-0.25, -0.2) is 9.59 Å². The summed E-state index contributed by atoms with van der Waals surface area (Å²) in [6.07, 6.45) is 11.5. The van der Waals surface area contributed by atoms with E-state index in [0.29, 0.717) is 5.56 Å². The maximum atomic E-state index is 12.1. The highest BCUT2D eigenvalue weighted by atomic mass is 16.6. The normalized spacial score (nSPS) is 16.8. The first kappa shape index (κ1) is 29.6. The molecule has 4 N–H and O–H groups in total. The van der Waals surface area contributed by atoms with Gasteiger partial charge in [0, 0.05) is 0 Å². The number of carbonyl (C=O) groups is 2. The summed E-state index contributed by atoms with van der Waals surface area (Å²) in [6, 6.07) is 9.09. The molecule has 0 aromatic heterocycles. The fraction of sp³-hybridized carbons (Fsp3) is 0.400. The number of hydrogen-bond acceptors (Lipinski definition) is 6. The Morgan fingerprint density at radius 2 is 1.24 bits per heavy atom. The first-order valence-electron chi connectivity index (χ1n) is 12.5. The zero-order chi connectivity index (χ0) is 27.6. The molecule has 37 heavy (non-hydrogen) atoms. The predicted molar refractivity (Wildman–Crippen MR) is 145 cm³/mol. The molecule has 2 fully saturated rings. The number of carboxylic acids is 1. The number of rotatable bonds is 5. The van der Waals surface area contributed by atoms with E-state index < -0.39 is 11.9 Å². The molecular weight excluding hydrogens is 472 g/mol. The minimum Gasteiger partial charge on any atom is -0.507 e. The average molecular weight is 511 g/mol. The number of carbonyl (C=O) groups excluding carboxylic acids is 1. The smallest absolute Gasteiger partial charge is 0.342 e. The highest BCUT2D eigenvalue weighted by molar-refractivity contribution is 5.93. The summed E-state index contributed by atoms with van der Waals surface area (Å²) >= 11 is 0. The minimum atomic E-state index is -1.14. The molecule has 2 saturated carbocycles. The predicted octanol–water partition coefficient (Wildman–Crippen LogP) is 6.57. The van der Waals surface area contributed by atoms with E-state index in [1.807, 2.05) is 13.8 Å². The summed E-state index contributed by atoms with van der Waals surface area (Å²) in [4.78, 5) is 22.6. The molecule has 0 saturated heterocycles. The van der Waals surface area contributed by atoms with Crippen molar-refractivity contribution in [1.82, 2.24) is 0 Å². The molecule has 0 spiro atoms. The van der Waals surface area contributed by atoms with Crippen LogP contribution in [0.15, 0.2) is 49.6 Å². The van der Waals surface area contributed by atoms with Crippen molar-refractivity contribution in [3.05, 3.63) is 71.8 Å². The average Bonchev–Trinajstić information content (AvgIpc) is 3.47. The molecule has 0 heterocycles. The van der Waals surface area contributed by atoms with Crippen LogP contribution in [-0.2, 0) is 4.74 Å². The van der Waals surface area contributed by atoms with E-state index in [9.17, 15) is 19.8 Å². The molecule has 0 amide bonds. The Labute approximate surface area is 218 Å². The van der Waals surface area contributed by atoms with E-state index in [1.54, 1.807) is 24.3 Å². The summed E-state index contributed by atoms with van der Waals surface area (Å²) in [7, 11) is 0. The molecule has 2 aliphatic carbocycles. The molecule has 4 rings (SSSR count). The molecule has 200 valence electrons. The maximum Gasteiger partial charge on any atom is 0.342 e. The topological polar surface area (TPSA) is 124 Å². The molecular formula is C30H38O7. The van der Waals surface area contributed by atoms with Crippen LogP contribution in [0.1, 0.15) is 97.1 Å². The van der Waals surface area contributed by atoms with Crippen LogP contribution < -0.4 is 0 Å². The summed E-state index contributed by atoms with van der Waals surface area (Å²) < 4.78 is 5.53. The lowest BCUT2D eigenvalue weighted by Crippen LogP contribution is -2.28. The van der Waals surface area contributed by atoms with Crippen molar-refractivity contribution in [3.8, 4) is 11.5 Å². The quantitative estimate of drug-likeness (QED) is 0.335. The Kier molecular flexibility index (Phi) is 10.5. The number of carboxylic acid groups (broad SMARTS) is 1. The Balaban J connectivity index is 0.000000217. The van der Waals surface area contributed by atoms with E-state index in [1.165, 1.54) is 37.1 Å². The van der Waals surface area contributed by atoms with Gasteiger partial charge in [-0.15, -0.1) is 0 Å². The molecule has 0 aliphatic heterocycles. The molecule has 0 atom stereocenters. The van der Waals surface area contributed by atoms with Gasteiger partial charge in [0.1, 0.15) is 28.2 Å². The third-order valence-electron chi connectivity index (χ3n) is 6.64. The molecule has 7 heteroatoms. The lowest BCUT2D eigenvalue weighted by molar-refractivity contribution is -0.00636. The largest absolute Gasteiger partial charge is 0.507 e. The van der Waals surface area contributed by atoms with Gasteiger partial charge in [-0.3, -0.25) is 0 Å². The van der Waals surface area contributed by atoms with Gasteiger partial charge in [-0.05, 0) is 87.8 Å². The number of esters is 1. The zero-order valence-corrected chi connectivity index (χ0v) is 21.7. The van der Waals surface area contributed by atoms with Crippen LogP contribution in [0.4, 0.5) is 0 Å². The van der Waals surface area contributed by atoms with Crippen LogP contribution in [0.5, 0.6) is 11.5 Å². The molecule has 2 aliphatic rings. The van der Waals surface area contributed by atoms with Crippen LogP contribution in [0.3, 0.4) is 0 Å². The fourth-order valence-electron chi connectivity index (χ4n) is 4.34. The van der Waals surface area contributed by atoms with Crippen molar-refractivity contribution < 1.29 is 34.8 Å². The molecule has 0 bridgehead atoms. The molecule has 2 aromatic rings. The minimum absolute atomic E-state index is 0.0489. The lowest BCUT2D eigenvalue weighted by atomic mass is 10.0. The second-order valence-corrected chi connectivity index (χ2v) is 10.0. The standard InChI is InChI=1S/C15H18O3.C9H8O3.C6H12O/c1-3-11-6-7-13(16)12(10-11)14(17)18-15(2)8-4-5-9-15;1-2-6-3-4-8(10)7(5-6)9(11)12;1-6(7)4-2-3-5-6/h3,6-7,10,16H,1,4-5,8-9H2,2H3;2-5,10H,1H2,(H,11,12);7H,2-5H2,1H3. The van der Waals surface area contributed by atoms with Gasteiger partial charge in [0.2, 0.25) is 0 Å². The number of hydrogen-bond donors (Lipinski definition) is 4. The van der Waals surface area contributed by atoms with Crippen molar-refractivity contribution in [3.63, 3.8) is 0 Å². The third-order valence-corrected chi connectivity index (χ3v) is 6.64. The Hall–Kier alpha value is -3.58. The summed E-state index contributed by atoms with van der Waals surface area (Å²) in [5, 5.41) is 36.6. The highest BCUT2D eigenvalue weighted by Gasteiger charge is 2.33. The Morgan fingerprint density at radius 3 is 1.65 bits per heavy atom. The molecule has 7 nitrogen and oxygen atoms in total. The number of benzene rings is 2. The van der Waals surface area contributed by atoms with Gasteiger partial charge in [0.25, 0.3) is 0 Å². The van der Waals surface area contributed by atoms with Crippen molar-refractivity contribution in [2.75, 3.05) is 0 Å². The highest BCUT2D eigenvalue weighted by Crippen LogP contribution is 2.34. The van der Waals surface area contributed by atoms with Crippen molar-refractivity contribution in [1.29, 1.82) is 0 Å².